The van der Waals surface area contributed by atoms with Crippen molar-refractivity contribution in [3.63, 3.8) is 0 Å². The summed E-state index contributed by atoms with van der Waals surface area (Å²) in [7, 11) is -2.49. The van der Waals surface area contributed by atoms with Crippen LogP contribution in [0.1, 0.15) is 111 Å². The van der Waals surface area contributed by atoms with Gasteiger partial charge < -0.3 is 18.6 Å². The lowest BCUT2D eigenvalue weighted by Crippen LogP contribution is -2.46. The van der Waals surface area contributed by atoms with E-state index >= 15 is 0 Å². The number of hydrogen-bond acceptors (Lipinski definition) is 5. The van der Waals surface area contributed by atoms with E-state index < -0.39 is 8.80 Å². The van der Waals surface area contributed by atoms with Gasteiger partial charge in [-0.15, -0.1) is 0 Å². The normalized spacial score (nSPS) is 19.5. The summed E-state index contributed by atoms with van der Waals surface area (Å²) in [4.78, 5) is 5.30. The topological polar surface area (TPSA) is 52.1 Å². The molecule has 2 rings (SSSR count). The molecule has 0 radical (unpaired) electrons. The van der Waals surface area contributed by atoms with E-state index in [-0.39, 0.29) is 0 Å². The molecule has 2 saturated carbocycles. The highest BCUT2D eigenvalue weighted by molar-refractivity contribution is 6.60. The molecule has 2 aliphatic rings. The molecule has 0 aromatic carbocycles. The molecule has 0 amide bonds. The maximum atomic E-state index is 5.96. The summed E-state index contributed by atoms with van der Waals surface area (Å²) in [6.07, 6.45) is 18.6. The average molecular weight is 469 g/mol. The lowest BCUT2D eigenvalue weighted by Gasteiger charge is -2.28. The largest absolute Gasteiger partial charge is 0.500 e. The zero-order valence-electron chi connectivity index (χ0n) is 21.5. The van der Waals surface area contributed by atoms with E-state index in [0.29, 0.717) is 25.9 Å². The zero-order chi connectivity index (χ0) is 22.9. The Morgan fingerprint density at radius 1 is 0.781 bits per heavy atom. The summed E-state index contributed by atoms with van der Waals surface area (Å²) in [5.41, 5.74) is 1.53. The van der Waals surface area contributed by atoms with E-state index in [9.17, 15) is 0 Å². The van der Waals surface area contributed by atoms with Crippen molar-refractivity contribution in [3.05, 3.63) is 0 Å². The van der Waals surface area contributed by atoms with Crippen molar-refractivity contribution in [2.45, 2.75) is 123 Å². The second kappa shape index (κ2) is 17.2. The molecule has 5 nitrogen and oxygen atoms in total. The van der Waals surface area contributed by atoms with Crippen molar-refractivity contribution in [1.82, 2.24) is 5.32 Å². The van der Waals surface area contributed by atoms with Crippen LogP contribution in [0, 0.1) is 5.92 Å². The smallest absolute Gasteiger partial charge is 0.374 e. The summed E-state index contributed by atoms with van der Waals surface area (Å²) in [6, 6.07) is 1.51. The van der Waals surface area contributed by atoms with Gasteiger partial charge in [0.25, 0.3) is 0 Å². The number of aliphatic imine (C=N–C) groups is 1. The van der Waals surface area contributed by atoms with Gasteiger partial charge in [0.15, 0.2) is 0 Å². The van der Waals surface area contributed by atoms with Gasteiger partial charge in [-0.3, -0.25) is 4.99 Å². The molecule has 6 heteroatoms. The summed E-state index contributed by atoms with van der Waals surface area (Å²) < 4.78 is 17.9. The molecule has 0 atom stereocenters. The first kappa shape index (κ1) is 28.0. The predicted molar refractivity (Wildman–Crippen MR) is 138 cm³/mol. The monoisotopic (exact) mass is 468 g/mol. The molecule has 0 saturated heterocycles. The Bertz CT molecular complexity index is 474. The number of nitrogens with zero attached hydrogens (tertiary/aromatic N) is 1. The van der Waals surface area contributed by atoms with Gasteiger partial charge in [0, 0.05) is 37.6 Å². The highest BCUT2D eigenvalue weighted by atomic mass is 28.4. The van der Waals surface area contributed by atoms with E-state index in [1.807, 2.05) is 20.8 Å². The molecule has 0 aromatic heterocycles. The first-order valence-corrected chi connectivity index (χ1v) is 15.8. The third-order valence-electron chi connectivity index (χ3n) is 6.94. The minimum atomic E-state index is -2.49. The van der Waals surface area contributed by atoms with Gasteiger partial charge in [-0.1, -0.05) is 51.4 Å². The Hall–Kier alpha value is -0.273. The van der Waals surface area contributed by atoms with E-state index in [1.54, 1.807) is 0 Å². The predicted octanol–water partition coefficient (Wildman–Crippen LogP) is 6.54. The van der Waals surface area contributed by atoms with Crippen LogP contribution in [0.25, 0.3) is 0 Å². The lowest BCUT2D eigenvalue weighted by atomic mass is 9.84. The molecule has 32 heavy (non-hydrogen) atoms. The molecular weight excluding hydrogens is 416 g/mol. The maximum Gasteiger partial charge on any atom is 0.500 e. The number of nitrogens with one attached hydrogen (secondary N) is 1. The molecule has 0 unspecified atom stereocenters. The lowest BCUT2D eigenvalue weighted by molar-refractivity contribution is 0.0708. The highest BCUT2D eigenvalue weighted by Crippen LogP contribution is 2.28. The molecule has 0 aliphatic heterocycles. The van der Waals surface area contributed by atoms with E-state index in [4.69, 9.17) is 18.3 Å². The Kier molecular flexibility index (Phi) is 15.0. The summed E-state index contributed by atoms with van der Waals surface area (Å²) in [6.45, 7) is 10.1. The molecule has 0 bridgehead atoms. The van der Waals surface area contributed by atoms with Crippen molar-refractivity contribution >= 4 is 14.5 Å². The number of rotatable bonds is 17. The molecule has 0 aromatic rings. The summed E-state index contributed by atoms with van der Waals surface area (Å²) in [5, 5.41) is 3.65. The Balaban J connectivity index is 1.71. The molecular formula is C26H52N2O3Si. The first-order chi connectivity index (χ1) is 15.7. The van der Waals surface area contributed by atoms with Gasteiger partial charge in [-0.2, -0.15) is 0 Å². The summed E-state index contributed by atoms with van der Waals surface area (Å²) >= 11 is 0. The van der Waals surface area contributed by atoms with E-state index in [2.05, 4.69) is 5.32 Å². The van der Waals surface area contributed by atoms with Crippen LogP contribution in [-0.4, -0.2) is 53.5 Å². The van der Waals surface area contributed by atoms with Crippen LogP contribution >= 0.6 is 0 Å². The van der Waals surface area contributed by atoms with Gasteiger partial charge in [-0.05, 0) is 78.3 Å². The van der Waals surface area contributed by atoms with Crippen LogP contribution in [-0.2, 0) is 13.3 Å². The van der Waals surface area contributed by atoms with Crippen LogP contribution in [0.5, 0.6) is 0 Å². The van der Waals surface area contributed by atoms with Gasteiger partial charge in [0.2, 0.25) is 0 Å². The van der Waals surface area contributed by atoms with Crippen molar-refractivity contribution < 1.29 is 13.3 Å². The van der Waals surface area contributed by atoms with Crippen LogP contribution in [0.15, 0.2) is 4.99 Å². The molecule has 0 spiro atoms. The molecule has 2 aliphatic carbocycles. The van der Waals surface area contributed by atoms with Gasteiger partial charge in [0.1, 0.15) is 0 Å². The molecule has 2 fully saturated rings. The van der Waals surface area contributed by atoms with Crippen molar-refractivity contribution in [1.29, 1.82) is 0 Å². The first-order valence-electron chi connectivity index (χ1n) is 13.9. The zero-order valence-corrected chi connectivity index (χ0v) is 22.5. The minimum Gasteiger partial charge on any atom is -0.374 e. The third kappa shape index (κ3) is 11.2. The quantitative estimate of drug-likeness (QED) is 0.150. The van der Waals surface area contributed by atoms with E-state index in [1.165, 1.54) is 89.2 Å². The molecule has 0 heterocycles. The van der Waals surface area contributed by atoms with Crippen LogP contribution in [0.2, 0.25) is 6.04 Å². The second-order valence-electron chi connectivity index (χ2n) is 9.63. The van der Waals surface area contributed by atoms with Gasteiger partial charge >= 0.3 is 8.80 Å². The standard InChI is InChI=1S/C26H52N2O3Si/c1-4-29-32(30-5-2,31-6-3)22-14-21-27-20-13-19-26(23-24-15-9-7-10-16-24)28-25-17-11-8-12-18-25/h24-25,27H,4-23H2,1-3H3. The highest BCUT2D eigenvalue weighted by Gasteiger charge is 2.39. The fraction of sp³-hybridized carbons (Fsp3) is 0.962. The molecule has 188 valence electrons. The van der Waals surface area contributed by atoms with Crippen LogP contribution in [0.3, 0.4) is 0 Å². The fourth-order valence-corrected chi connectivity index (χ4v) is 8.00. The van der Waals surface area contributed by atoms with Crippen LogP contribution < -0.4 is 5.32 Å². The Morgan fingerprint density at radius 3 is 1.94 bits per heavy atom. The fourth-order valence-electron chi connectivity index (χ4n) is 5.39. The second-order valence-corrected chi connectivity index (χ2v) is 12.4. The van der Waals surface area contributed by atoms with Crippen molar-refractivity contribution in [2.24, 2.45) is 10.9 Å². The average Bonchev–Trinajstić information content (AvgIpc) is 2.80. The number of hydrogen-bond donors (Lipinski definition) is 1. The Labute approximate surface area is 199 Å². The van der Waals surface area contributed by atoms with Crippen molar-refractivity contribution in [3.8, 4) is 0 Å². The summed E-state index contributed by atoms with van der Waals surface area (Å²) in [5.74, 6) is 0.896. The maximum absolute atomic E-state index is 5.96. The minimum absolute atomic E-state index is 0.615. The van der Waals surface area contributed by atoms with Gasteiger partial charge in [-0.25, -0.2) is 0 Å². The van der Waals surface area contributed by atoms with Crippen molar-refractivity contribution in [2.75, 3.05) is 32.9 Å². The SMILES string of the molecule is CCO[Si](CCCNCCCC(CC1CCCCC1)=NC1CCCCC1)(OCC)OCC. The third-order valence-corrected chi connectivity index (χ3v) is 10.1. The Morgan fingerprint density at radius 2 is 1.34 bits per heavy atom. The van der Waals surface area contributed by atoms with E-state index in [0.717, 1.165) is 31.5 Å². The van der Waals surface area contributed by atoms with Crippen LogP contribution in [0.4, 0.5) is 0 Å². The van der Waals surface area contributed by atoms with Gasteiger partial charge in [0.05, 0.1) is 0 Å². The molecule has 1 N–H and O–H groups in total.